The van der Waals surface area contributed by atoms with Crippen LogP contribution in [-0.2, 0) is 28.5 Å². The van der Waals surface area contributed by atoms with E-state index in [2.05, 4.69) is 0 Å². The molecule has 4 heterocycles. The van der Waals surface area contributed by atoms with Crippen LogP contribution in [0.4, 0.5) is 0 Å². The lowest BCUT2D eigenvalue weighted by Gasteiger charge is -2.32. The maximum Gasteiger partial charge on any atom is 0.348 e. The first-order valence-corrected chi connectivity index (χ1v) is 11.3. The molecule has 1 aromatic rings. The van der Waals surface area contributed by atoms with Crippen LogP contribution < -0.4 is 0 Å². The molecule has 3 aliphatic heterocycles. The zero-order valence-corrected chi connectivity index (χ0v) is 18.6. The third kappa shape index (κ3) is 3.30. The fourth-order valence-corrected chi connectivity index (χ4v) is 5.82. The van der Waals surface area contributed by atoms with E-state index in [-0.39, 0.29) is 17.8 Å². The molecular weight excluding hydrogens is 422 g/mol. The van der Waals surface area contributed by atoms with Crippen molar-refractivity contribution in [2.24, 2.45) is 11.8 Å². The van der Waals surface area contributed by atoms with Gasteiger partial charge in [-0.25, -0.2) is 9.59 Å². The van der Waals surface area contributed by atoms with E-state index in [1.807, 2.05) is 31.3 Å². The first-order chi connectivity index (χ1) is 14.7. The number of hydrogen-bond acceptors (Lipinski definition) is 9. The normalized spacial score (nSPS) is 41.1. The second kappa shape index (κ2) is 7.15. The van der Waals surface area contributed by atoms with Crippen LogP contribution in [-0.4, -0.2) is 73.0 Å². The molecule has 0 amide bonds. The van der Waals surface area contributed by atoms with E-state index in [1.165, 1.54) is 11.3 Å². The number of rotatable bonds is 3. The van der Waals surface area contributed by atoms with Gasteiger partial charge in [-0.05, 0) is 38.5 Å². The zero-order chi connectivity index (χ0) is 22.1. The van der Waals surface area contributed by atoms with Gasteiger partial charge in [0.05, 0.1) is 23.1 Å². The molecule has 5 rings (SSSR count). The van der Waals surface area contributed by atoms with Gasteiger partial charge in [-0.2, -0.15) is 0 Å². The Balaban J connectivity index is 1.56. The van der Waals surface area contributed by atoms with Crippen molar-refractivity contribution in [3.8, 4) is 0 Å². The van der Waals surface area contributed by atoms with Crippen LogP contribution in [0.25, 0.3) is 0 Å². The van der Waals surface area contributed by atoms with Crippen LogP contribution in [0, 0.1) is 11.8 Å². The van der Waals surface area contributed by atoms with Gasteiger partial charge < -0.3 is 18.9 Å². The summed E-state index contributed by atoms with van der Waals surface area (Å²) in [7, 11) is 3.66. The Hall–Kier alpha value is -2.23. The van der Waals surface area contributed by atoms with Crippen LogP contribution in [0.5, 0.6) is 0 Å². The number of ether oxygens (including phenoxy) is 4. The predicted octanol–water partition coefficient (Wildman–Crippen LogP) is 1.79. The van der Waals surface area contributed by atoms with E-state index in [0.29, 0.717) is 16.9 Å². The molecule has 2 fully saturated rings. The molecule has 1 unspecified atom stereocenters. The predicted molar refractivity (Wildman–Crippen MR) is 109 cm³/mol. The zero-order valence-electron chi connectivity index (χ0n) is 17.8. The minimum absolute atomic E-state index is 0.274. The SMILES string of the molecule is CC1C(=O)O[C@H]2C[C@]3(C)O[C@H]3[C@H](OC(=O)c3cccs3)[C@@H](N(C)C)C3=C[C@@H](OC3=O)[C@H]12. The molecule has 31 heavy (non-hydrogen) atoms. The topological polar surface area (TPSA) is 94.7 Å². The first-order valence-electron chi connectivity index (χ1n) is 10.4. The smallest absolute Gasteiger partial charge is 0.348 e. The summed E-state index contributed by atoms with van der Waals surface area (Å²) in [4.78, 5) is 40.4. The minimum Gasteiger partial charge on any atom is -0.462 e. The summed E-state index contributed by atoms with van der Waals surface area (Å²) in [6, 6.07) is 2.94. The van der Waals surface area contributed by atoms with Crippen molar-refractivity contribution in [1.29, 1.82) is 0 Å². The standard InChI is InChI=1S/C22H25NO7S/c1-10-15-12-8-11(20(25)27-12)16(23(3)4)17(29-21(26)14-6-5-7-31-14)18-22(2,30-18)9-13(15)28-19(10)24/h5-8,10,12-13,15-18H,9H2,1-4H3/t10?,12-,13+,15+,16+,17-,18+,22+/m1/s1. The average molecular weight is 448 g/mol. The molecule has 8 nitrogen and oxygen atoms in total. The fraction of sp³-hybridized carbons (Fsp3) is 0.591. The molecular formula is C22H25NO7S. The van der Waals surface area contributed by atoms with Crippen molar-refractivity contribution in [3.05, 3.63) is 34.0 Å². The second-order valence-electron chi connectivity index (χ2n) is 9.14. The van der Waals surface area contributed by atoms with Gasteiger partial charge in [0.2, 0.25) is 0 Å². The van der Waals surface area contributed by atoms with Gasteiger partial charge in [0.25, 0.3) is 0 Å². The van der Waals surface area contributed by atoms with Crippen molar-refractivity contribution in [2.75, 3.05) is 14.1 Å². The average Bonchev–Trinajstić information content (AvgIpc) is 3.08. The summed E-state index contributed by atoms with van der Waals surface area (Å²) in [5, 5.41) is 1.81. The molecule has 8 atom stereocenters. The van der Waals surface area contributed by atoms with Crippen LogP contribution in [0.3, 0.4) is 0 Å². The molecule has 0 spiro atoms. The highest BCUT2D eigenvalue weighted by Gasteiger charge is 2.65. The lowest BCUT2D eigenvalue weighted by atomic mass is 9.79. The summed E-state index contributed by atoms with van der Waals surface area (Å²) >= 11 is 1.30. The number of epoxide rings is 1. The third-order valence-electron chi connectivity index (χ3n) is 6.85. The molecule has 0 radical (unpaired) electrons. The number of nitrogens with zero attached hydrogens (tertiary/aromatic N) is 1. The Bertz CT molecular complexity index is 957. The highest BCUT2D eigenvalue weighted by molar-refractivity contribution is 7.11. The van der Waals surface area contributed by atoms with Crippen molar-refractivity contribution in [1.82, 2.24) is 4.90 Å². The summed E-state index contributed by atoms with van der Waals surface area (Å²) in [5.41, 5.74) is -0.216. The second-order valence-corrected chi connectivity index (χ2v) is 10.1. The van der Waals surface area contributed by atoms with E-state index in [4.69, 9.17) is 18.9 Å². The third-order valence-corrected chi connectivity index (χ3v) is 7.70. The Morgan fingerprint density at radius 1 is 1.29 bits per heavy atom. The number of fused-ring (bicyclic) bond motifs is 4. The summed E-state index contributed by atoms with van der Waals surface area (Å²) in [6.07, 6.45) is 0.0609. The van der Waals surface area contributed by atoms with Gasteiger partial charge in [0.1, 0.15) is 23.2 Å². The van der Waals surface area contributed by atoms with Gasteiger partial charge in [0.15, 0.2) is 6.10 Å². The highest BCUT2D eigenvalue weighted by atomic mass is 32.1. The van der Waals surface area contributed by atoms with Crippen LogP contribution >= 0.6 is 11.3 Å². The molecule has 166 valence electrons. The van der Waals surface area contributed by atoms with Crippen molar-refractivity contribution >= 4 is 29.2 Å². The maximum atomic E-state index is 12.9. The molecule has 9 heteroatoms. The monoisotopic (exact) mass is 447 g/mol. The van der Waals surface area contributed by atoms with Crippen LogP contribution in [0.15, 0.2) is 29.2 Å². The number of hydrogen-bond donors (Lipinski definition) is 0. The Morgan fingerprint density at radius 3 is 2.74 bits per heavy atom. The quantitative estimate of drug-likeness (QED) is 0.393. The molecule has 0 aromatic carbocycles. The van der Waals surface area contributed by atoms with E-state index >= 15 is 0 Å². The highest BCUT2D eigenvalue weighted by Crippen LogP contribution is 2.51. The minimum atomic E-state index is -0.724. The first kappa shape index (κ1) is 20.7. The molecule has 0 saturated carbocycles. The van der Waals surface area contributed by atoms with Crippen molar-refractivity contribution in [2.45, 2.75) is 56.3 Å². The molecule has 1 aromatic heterocycles. The molecule has 2 saturated heterocycles. The van der Waals surface area contributed by atoms with Gasteiger partial charge in [0, 0.05) is 12.3 Å². The molecule has 1 aliphatic carbocycles. The van der Waals surface area contributed by atoms with Gasteiger partial charge in [-0.1, -0.05) is 13.0 Å². The van der Waals surface area contributed by atoms with Gasteiger partial charge in [-0.3, -0.25) is 9.69 Å². The number of carbonyl (C=O) groups is 3. The van der Waals surface area contributed by atoms with E-state index < -0.39 is 48.0 Å². The van der Waals surface area contributed by atoms with Crippen molar-refractivity contribution < 1.29 is 33.3 Å². The Morgan fingerprint density at radius 2 is 2.06 bits per heavy atom. The van der Waals surface area contributed by atoms with Crippen LogP contribution in [0.2, 0.25) is 0 Å². The Kier molecular flexibility index (Phi) is 4.76. The number of esters is 3. The number of likely N-dealkylation sites (N-methyl/N-ethyl adjacent to an activating group) is 1. The maximum absolute atomic E-state index is 12.9. The summed E-state index contributed by atoms with van der Waals surface area (Å²) in [5.74, 6) is -1.87. The lowest BCUT2D eigenvalue weighted by molar-refractivity contribution is -0.144. The van der Waals surface area contributed by atoms with E-state index in [0.717, 1.165) is 0 Å². The van der Waals surface area contributed by atoms with Gasteiger partial charge >= 0.3 is 17.9 Å². The van der Waals surface area contributed by atoms with Gasteiger partial charge in [-0.15, -0.1) is 11.3 Å². The summed E-state index contributed by atoms with van der Waals surface area (Å²) < 4.78 is 23.4. The summed E-state index contributed by atoms with van der Waals surface area (Å²) in [6.45, 7) is 3.74. The lowest BCUT2D eigenvalue weighted by Crippen LogP contribution is -2.49. The van der Waals surface area contributed by atoms with E-state index in [1.54, 1.807) is 25.1 Å². The molecule has 2 bridgehead atoms. The van der Waals surface area contributed by atoms with Crippen LogP contribution in [0.1, 0.15) is 29.9 Å². The van der Waals surface area contributed by atoms with E-state index in [9.17, 15) is 14.4 Å². The fourth-order valence-electron chi connectivity index (χ4n) is 5.22. The molecule has 0 N–H and O–H groups in total. The van der Waals surface area contributed by atoms with Crippen molar-refractivity contribution in [3.63, 3.8) is 0 Å². The number of thiophene rings is 1. The molecule has 4 aliphatic rings. The largest absolute Gasteiger partial charge is 0.462 e. The number of carbonyl (C=O) groups excluding carboxylic acids is 3. The Labute approximate surface area is 184 Å².